The summed E-state index contributed by atoms with van der Waals surface area (Å²) in [6.45, 7) is 0.728. The predicted octanol–water partition coefficient (Wildman–Crippen LogP) is -0.430. The summed E-state index contributed by atoms with van der Waals surface area (Å²) in [5.41, 5.74) is 0.984. The molecule has 2 rings (SSSR count). The molecule has 0 aromatic carbocycles. The van der Waals surface area contributed by atoms with E-state index in [0.29, 0.717) is 6.61 Å². The van der Waals surface area contributed by atoms with E-state index in [1.807, 2.05) is 6.07 Å². The zero-order valence-electron chi connectivity index (χ0n) is 5.41. The van der Waals surface area contributed by atoms with Crippen LogP contribution in [-0.2, 0) is 9.69 Å². The number of hydrogen-bond donors (Lipinski definition) is 1. The number of nitrogens with one attached hydrogen (secondary N) is 1. The highest BCUT2D eigenvalue weighted by Crippen LogP contribution is 2.04. The molecule has 0 unspecified atom stereocenters. The highest BCUT2D eigenvalue weighted by atomic mass is 17.2. The van der Waals surface area contributed by atoms with Crippen LogP contribution in [0.4, 0.5) is 0 Å². The topological polar surface area (TPSA) is 47.1 Å². The van der Waals surface area contributed by atoms with Crippen molar-refractivity contribution in [2.75, 3.05) is 6.61 Å². The van der Waals surface area contributed by atoms with Gasteiger partial charge in [-0.25, -0.2) is 0 Å². The highest BCUT2D eigenvalue weighted by molar-refractivity contribution is 6.66. The molecule has 0 atom stereocenters. The monoisotopic (exact) mass is 138 g/mol. The molecule has 10 heavy (non-hydrogen) atoms. The maximum atomic E-state index is 4.93. The zero-order chi connectivity index (χ0) is 6.81. The molecule has 1 aromatic rings. The van der Waals surface area contributed by atoms with Gasteiger partial charge < -0.3 is 0 Å². The van der Waals surface area contributed by atoms with Gasteiger partial charge in [-0.2, -0.15) is 5.10 Å². The molecule has 52 valence electrons. The van der Waals surface area contributed by atoms with Gasteiger partial charge in [0.1, 0.15) is 0 Å². The first-order valence-electron chi connectivity index (χ1n) is 3.24. The van der Waals surface area contributed by atoms with Crippen LogP contribution in [0, 0.1) is 0 Å². The Morgan fingerprint density at radius 3 is 3.30 bits per heavy atom. The van der Waals surface area contributed by atoms with E-state index in [-0.39, 0.29) is 6.92 Å². The molecule has 1 aliphatic heterocycles. The average Bonchev–Trinajstić information content (AvgIpc) is 2.59. The molecule has 0 spiro atoms. The second kappa shape index (κ2) is 2.44. The maximum absolute atomic E-state index is 4.93. The van der Waals surface area contributed by atoms with Crippen LogP contribution in [0.3, 0.4) is 0 Å². The van der Waals surface area contributed by atoms with E-state index in [4.69, 9.17) is 9.69 Å². The Kier molecular flexibility index (Phi) is 1.45. The number of H-pyrrole nitrogens is 1. The van der Waals surface area contributed by atoms with E-state index in [2.05, 4.69) is 10.2 Å². The minimum Gasteiger partial charge on any atom is -0.297 e. The second-order valence-electron chi connectivity index (χ2n) is 2.21. The fourth-order valence-electron chi connectivity index (χ4n) is 0.987. The minimum absolute atomic E-state index is 0.0579. The molecule has 1 aliphatic rings. The molecule has 2 heterocycles. The lowest BCUT2D eigenvalue weighted by Gasteiger charge is -1.95. The summed E-state index contributed by atoms with van der Waals surface area (Å²) < 4.78 is 0. The standard InChI is InChI=1S/C5H7BN2O2/c1-3-7-8-5(1)6-2-4-9-10-6/h1,3H,2,4H2,(H,7,8). The van der Waals surface area contributed by atoms with Crippen molar-refractivity contribution < 1.29 is 9.69 Å². The maximum Gasteiger partial charge on any atom is 0.393 e. The van der Waals surface area contributed by atoms with Crippen molar-refractivity contribution >= 4 is 12.5 Å². The van der Waals surface area contributed by atoms with E-state index in [1.165, 1.54) is 0 Å². The first-order valence-corrected chi connectivity index (χ1v) is 3.24. The van der Waals surface area contributed by atoms with Crippen molar-refractivity contribution in [3.8, 4) is 0 Å². The van der Waals surface area contributed by atoms with Crippen LogP contribution in [0.2, 0.25) is 6.32 Å². The molecule has 1 N–H and O–H groups in total. The Bertz CT molecular complexity index is 195. The summed E-state index contributed by atoms with van der Waals surface area (Å²) in [4.78, 5) is 9.66. The lowest BCUT2D eigenvalue weighted by molar-refractivity contribution is -0.184. The van der Waals surface area contributed by atoms with Crippen molar-refractivity contribution in [1.29, 1.82) is 0 Å². The molecule has 0 saturated carbocycles. The van der Waals surface area contributed by atoms with Crippen LogP contribution in [0.15, 0.2) is 12.3 Å². The number of hydrogen-bond acceptors (Lipinski definition) is 3. The molecule has 1 saturated heterocycles. The van der Waals surface area contributed by atoms with Crippen molar-refractivity contribution in [1.82, 2.24) is 10.2 Å². The Morgan fingerprint density at radius 1 is 1.70 bits per heavy atom. The van der Waals surface area contributed by atoms with Gasteiger partial charge in [0.05, 0.1) is 6.61 Å². The first kappa shape index (κ1) is 5.94. The van der Waals surface area contributed by atoms with Crippen LogP contribution < -0.4 is 5.59 Å². The molecule has 0 bridgehead atoms. The Hall–Kier alpha value is -0.805. The summed E-state index contributed by atoms with van der Waals surface area (Å²) >= 11 is 0. The Labute approximate surface area is 58.6 Å². The summed E-state index contributed by atoms with van der Waals surface area (Å²) in [6.07, 6.45) is 2.61. The van der Waals surface area contributed by atoms with Gasteiger partial charge in [0.2, 0.25) is 0 Å². The third-order valence-corrected chi connectivity index (χ3v) is 1.52. The van der Waals surface area contributed by atoms with E-state index in [0.717, 1.165) is 11.9 Å². The molecule has 1 aromatic heterocycles. The number of nitrogens with zero attached hydrogens (tertiary/aromatic N) is 1. The second-order valence-corrected chi connectivity index (χ2v) is 2.21. The highest BCUT2D eigenvalue weighted by Gasteiger charge is 2.26. The molecule has 0 aliphatic carbocycles. The van der Waals surface area contributed by atoms with Gasteiger partial charge in [0, 0.05) is 11.8 Å². The van der Waals surface area contributed by atoms with Gasteiger partial charge in [-0.3, -0.25) is 14.8 Å². The largest absolute Gasteiger partial charge is 0.393 e. The van der Waals surface area contributed by atoms with Gasteiger partial charge in [-0.05, 0) is 12.4 Å². The third-order valence-electron chi connectivity index (χ3n) is 1.52. The molecular weight excluding hydrogens is 131 g/mol. The fraction of sp³-hybridized carbons (Fsp3) is 0.400. The van der Waals surface area contributed by atoms with Crippen molar-refractivity contribution in [2.24, 2.45) is 0 Å². The summed E-state index contributed by atoms with van der Waals surface area (Å²) in [5, 5.41) is 6.63. The van der Waals surface area contributed by atoms with Crippen LogP contribution in [0.25, 0.3) is 0 Å². The zero-order valence-corrected chi connectivity index (χ0v) is 5.41. The first-order chi connectivity index (χ1) is 4.97. The van der Waals surface area contributed by atoms with Crippen LogP contribution in [0.1, 0.15) is 0 Å². The van der Waals surface area contributed by atoms with Gasteiger partial charge in [-0.15, -0.1) is 0 Å². The molecule has 5 heteroatoms. The van der Waals surface area contributed by atoms with Gasteiger partial charge >= 0.3 is 6.92 Å². The third kappa shape index (κ3) is 0.934. The number of aromatic amines is 1. The number of aromatic nitrogens is 2. The molecule has 0 amide bonds. The quantitative estimate of drug-likeness (QED) is 0.423. The minimum atomic E-state index is 0.0579. The Morgan fingerprint density at radius 2 is 2.70 bits per heavy atom. The van der Waals surface area contributed by atoms with Gasteiger partial charge in [-0.1, -0.05) is 0 Å². The van der Waals surface area contributed by atoms with Gasteiger partial charge in [0.25, 0.3) is 0 Å². The number of rotatable bonds is 1. The van der Waals surface area contributed by atoms with Crippen molar-refractivity contribution in [3.05, 3.63) is 12.3 Å². The summed E-state index contributed by atoms with van der Waals surface area (Å²) in [6, 6.07) is 1.89. The molecule has 1 fully saturated rings. The normalized spacial score (nSPS) is 18.2. The van der Waals surface area contributed by atoms with Crippen LogP contribution >= 0.6 is 0 Å². The van der Waals surface area contributed by atoms with Crippen LogP contribution in [0.5, 0.6) is 0 Å². The van der Waals surface area contributed by atoms with E-state index in [9.17, 15) is 0 Å². The lowest BCUT2D eigenvalue weighted by atomic mass is 9.63. The molecule has 4 nitrogen and oxygen atoms in total. The molecule has 0 radical (unpaired) electrons. The van der Waals surface area contributed by atoms with E-state index in [1.54, 1.807) is 6.20 Å². The summed E-state index contributed by atoms with van der Waals surface area (Å²) in [5.74, 6) is 0. The summed E-state index contributed by atoms with van der Waals surface area (Å²) in [7, 11) is 0. The fourth-order valence-corrected chi connectivity index (χ4v) is 0.987. The van der Waals surface area contributed by atoms with E-state index < -0.39 is 0 Å². The predicted molar refractivity (Wildman–Crippen MR) is 35.8 cm³/mol. The molecular formula is C5H7BN2O2. The van der Waals surface area contributed by atoms with E-state index >= 15 is 0 Å². The van der Waals surface area contributed by atoms with Crippen LogP contribution in [-0.4, -0.2) is 23.7 Å². The average molecular weight is 138 g/mol. The SMILES string of the molecule is c1cc(B2CCOO2)[nH]n1. The van der Waals surface area contributed by atoms with Gasteiger partial charge in [0.15, 0.2) is 0 Å². The Balaban J connectivity index is 2.12. The van der Waals surface area contributed by atoms with Crippen molar-refractivity contribution in [3.63, 3.8) is 0 Å². The van der Waals surface area contributed by atoms with Crippen molar-refractivity contribution in [2.45, 2.75) is 6.32 Å². The smallest absolute Gasteiger partial charge is 0.297 e. The lowest BCUT2D eigenvalue weighted by Crippen LogP contribution is -2.30.